The molecule has 0 unspecified atom stereocenters. The zero-order valence-electron chi connectivity index (χ0n) is 12.2. The maximum absolute atomic E-state index is 13.1. The molecule has 124 valence electrons. The van der Waals surface area contributed by atoms with Gasteiger partial charge in [-0.3, -0.25) is 19.3 Å². The Kier molecular flexibility index (Phi) is 6.00. The summed E-state index contributed by atoms with van der Waals surface area (Å²) >= 11 is 2.03. The van der Waals surface area contributed by atoms with Gasteiger partial charge in [-0.1, -0.05) is 11.8 Å². The van der Waals surface area contributed by atoms with Crippen molar-refractivity contribution in [3.8, 4) is 0 Å². The van der Waals surface area contributed by atoms with E-state index in [0.29, 0.717) is 4.90 Å². The molecule has 1 aliphatic heterocycles. The number of carbonyl (C=O) groups excluding carboxylic acids is 3. The van der Waals surface area contributed by atoms with Crippen LogP contribution < -0.4 is 5.32 Å². The zero-order valence-corrected chi connectivity index (χ0v) is 13.8. The van der Waals surface area contributed by atoms with Crippen LogP contribution in [0, 0.1) is 11.6 Å². The SMILES string of the molecule is C[C@H](Sc1ccc(F)c(F)c1)C(=O)NCCN1C(=O)CSC1=O. The molecule has 3 amide bonds. The summed E-state index contributed by atoms with van der Waals surface area (Å²) in [6.07, 6.45) is 0. The molecule has 9 heteroatoms. The van der Waals surface area contributed by atoms with Crippen LogP contribution in [0.25, 0.3) is 0 Å². The lowest BCUT2D eigenvalue weighted by Gasteiger charge is -2.15. The maximum atomic E-state index is 13.1. The number of carbonyl (C=O) groups is 3. The monoisotopic (exact) mass is 360 g/mol. The zero-order chi connectivity index (χ0) is 17.0. The fraction of sp³-hybridized carbons (Fsp3) is 0.357. The van der Waals surface area contributed by atoms with Gasteiger partial charge in [-0.15, -0.1) is 11.8 Å². The largest absolute Gasteiger partial charge is 0.353 e. The van der Waals surface area contributed by atoms with Crippen molar-refractivity contribution in [1.29, 1.82) is 0 Å². The third-order valence-electron chi connectivity index (χ3n) is 3.05. The van der Waals surface area contributed by atoms with E-state index in [9.17, 15) is 23.2 Å². The number of halogens is 2. The molecule has 0 radical (unpaired) electrons. The summed E-state index contributed by atoms with van der Waals surface area (Å²) in [6, 6.07) is 3.43. The summed E-state index contributed by atoms with van der Waals surface area (Å²) in [5, 5.41) is 1.77. The number of rotatable bonds is 6. The van der Waals surface area contributed by atoms with Crippen molar-refractivity contribution in [2.75, 3.05) is 18.8 Å². The van der Waals surface area contributed by atoms with Crippen LogP contribution in [0.4, 0.5) is 13.6 Å². The highest BCUT2D eigenvalue weighted by Gasteiger charge is 2.29. The number of thioether (sulfide) groups is 2. The smallest absolute Gasteiger partial charge is 0.288 e. The van der Waals surface area contributed by atoms with Crippen molar-refractivity contribution in [3.05, 3.63) is 29.8 Å². The molecule has 1 aromatic rings. The van der Waals surface area contributed by atoms with Crippen molar-refractivity contribution in [2.45, 2.75) is 17.1 Å². The van der Waals surface area contributed by atoms with Crippen LogP contribution in [0.3, 0.4) is 0 Å². The normalized spacial score (nSPS) is 15.9. The molecule has 1 aromatic carbocycles. The number of nitrogens with zero attached hydrogens (tertiary/aromatic N) is 1. The molecule has 0 aromatic heterocycles. The first-order valence-corrected chi connectivity index (χ1v) is 8.61. The van der Waals surface area contributed by atoms with Gasteiger partial charge < -0.3 is 5.32 Å². The Labute approximate surface area is 140 Å². The van der Waals surface area contributed by atoms with Crippen molar-refractivity contribution in [2.24, 2.45) is 0 Å². The van der Waals surface area contributed by atoms with Crippen molar-refractivity contribution < 1.29 is 23.2 Å². The molecule has 1 N–H and O–H groups in total. The van der Waals surface area contributed by atoms with Crippen molar-refractivity contribution in [3.63, 3.8) is 0 Å². The Balaban J connectivity index is 1.79. The first-order chi connectivity index (χ1) is 10.9. The van der Waals surface area contributed by atoms with Gasteiger partial charge in [0, 0.05) is 18.0 Å². The van der Waals surface area contributed by atoms with E-state index in [4.69, 9.17) is 0 Å². The van der Waals surface area contributed by atoms with E-state index in [1.54, 1.807) is 6.92 Å². The summed E-state index contributed by atoms with van der Waals surface area (Å²) in [5.74, 6) is -2.35. The van der Waals surface area contributed by atoms with Gasteiger partial charge in [-0.25, -0.2) is 8.78 Å². The van der Waals surface area contributed by atoms with Crippen LogP contribution in [0.15, 0.2) is 23.1 Å². The van der Waals surface area contributed by atoms with E-state index in [1.165, 1.54) is 6.07 Å². The second kappa shape index (κ2) is 7.78. The molecule has 1 saturated heterocycles. The summed E-state index contributed by atoms with van der Waals surface area (Å²) in [4.78, 5) is 36.3. The fourth-order valence-electron chi connectivity index (χ4n) is 1.84. The Bertz CT molecular complexity index is 626. The van der Waals surface area contributed by atoms with Crippen LogP contribution in [0.1, 0.15) is 6.92 Å². The second-order valence-electron chi connectivity index (χ2n) is 4.73. The predicted molar refractivity (Wildman–Crippen MR) is 84.3 cm³/mol. The van der Waals surface area contributed by atoms with Crippen molar-refractivity contribution >= 4 is 40.6 Å². The van der Waals surface area contributed by atoms with E-state index in [2.05, 4.69) is 5.32 Å². The van der Waals surface area contributed by atoms with Crippen LogP contribution >= 0.6 is 23.5 Å². The quantitative estimate of drug-likeness (QED) is 0.789. The van der Waals surface area contributed by atoms with Gasteiger partial charge in [-0.05, 0) is 25.1 Å². The van der Waals surface area contributed by atoms with Crippen molar-refractivity contribution in [1.82, 2.24) is 10.2 Å². The van der Waals surface area contributed by atoms with Crippen LogP contribution in [-0.4, -0.2) is 46.0 Å². The summed E-state index contributed by atoms with van der Waals surface area (Å²) in [7, 11) is 0. The number of imide groups is 1. The molecule has 0 aliphatic carbocycles. The Hall–Kier alpha value is -1.61. The molecule has 0 bridgehead atoms. The third kappa shape index (κ3) is 4.68. The molecular formula is C14H14F2N2O3S2. The highest BCUT2D eigenvalue weighted by Crippen LogP contribution is 2.25. The van der Waals surface area contributed by atoms with Gasteiger partial charge in [0.05, 0.1) is 11.0 Å². The van der Waals surface area contributed by atoms with Gasteiger partial charge >= 0.3 is 0 Å². The van der Waals surface area contributed by atoms with E-state index >= 15 is 0 Å². The van der Waals surface area contributed by atoms with Gasteiger partial charge in [-0.2, -0.15) is 0 Å². The molecule has 0 saturated carbocycles. The molecule has 0 spiro atoms. The molecule has 1 aliphatic rings. The maximum Gasteiger partial charge on any atom is 0.288 e. The van der Waals surface area contributed by atoms with Crippen LogP contribution in [0.5, 0.6) is 0 Å². The topological polar surface area (TPSA) is 66.5 Å². The Morgan fingerprint density at radius 1 is 1.39 bits per heavy atom. The number of hydrogen-bond donors (Lipinski definition) is 1. The van der Waals surface area contributed by atoms with E-state index in [1.807, 2.05) is 0 Å². The van der Waals surface area contributed by atoms with Gasteiger partial charge in [0.25, 0.3) is 5.24 Å². The minimum Gasteiger partial charge on any atom is -0.353 e. The lowest BCUT2D eigenvalue weighted by molar-refractivity contribution is -0.125. The summed E-state index contributed by atoms with van der Waals surface area (Å²) in [5.41, 5.74) is 0. The first-order valence-electron chi connectivity index (χ1n) is 6.75. The molecule has 5 nitrogen and oxygen atoms in total. The highest BCUT2D eigenvalue weighted by atomic mass is 32.2. The minimum absolute atomic E-state index is 0.124. The molecule has 1 fully saturated rings. The molecule has 1 heterocycles. The van der Waals surface area contributed by atoms with Crippen LogP contribution in [-0.2, 0) is 9.59 Å². The lowest BCUT2D eigenvalue weighted by atomic mass is 10.3. The molecule has 23 heavy (non-hydrogen) atoms. The van der Waals surface area contributed by atoms with Crippen LogP contribution in [0.2, 0.25) is 0 Å². The number of amides is 3. The average Bonchev–Trinajstić information content (AvgIpc) is 2.82. The summed E-state index contributed by atoms with van der Waals surface area (Å²) < 4.78 is 26.0. The Morgan fingerprint density at radius 2 is 2.13 bits per heavy atom. The third-order valence-corrected chi connectivity index (χ3v) is 5.00. The van der Waals surface area contributed by atoms with E-state index < -0.39 is 16.9 Å². The van der Waals surface area contributed by atoms with E-state index in [0.717, 1.165) is 40.6 Å². The number of benzene rings is 1. The minimum atomic E-state index is -0.967. The average molecular weight is 360 g/mol. The number of hydrogen-bond acceptors (Lipinski definition) is 5. The molecule has 2 rings (SSSR count). The standard InChI is InChI=1S/C14H14F2N2O3S2/c1-8(23-9-2-3-10(15)11(16)6-9)13(20)17-4-5-18-12(19)7-22-14(18)21/h2-3,6,8H,4-5,7H2,1H3,(H,17,20)/t8-/m0/s1. The lowest BCUT2D eigenvalue weighted by Crippen LogP contribution is -2.39. The molecular weight excluding hydrogens is 346 g/mol. The van der Waals surface area contributed by atoms with Gasteiger partial charge in [0.2, 0.25) is 11.8 Å². The Morgan fingerprint density at radius 3 is 2.74 bits per heavy atom. The van der Waals surface area contributed by atoms with Gasteiger partial charge in [0.1, 0.15) is 0 Å². The number of nitrogens with one attached hydrogen (secondary N) is 1. The first kappa shape index (κ1) is 17.7. The summed E-state index contributed by atoms with van der Waals surface area (Å²) in [6.45, 7) is 1.90. The second-order valence-corrected chi connectivity index (χ2v) is 7.07. The molecule has 1 atom stereocenters. The fourth-order valence-corrected chi connectivity index (χ4v) is 3.51. The van der Waals surface area contributed by atoms with Gasteiger partial charge in [0.15, 0.2) is 11.6 Å². The predicted octanol–water partition coefficient (Wildman–Crippen LogP) is 2.26. The highest BCUT2D eigenvalue weighted by molar-refractivity contribution is 8.14. The van der Waals surface area contributed by atoms with E-state index in [-0.39, 0.29) is 35.9 Å².